The number of aryl methyl sites for hydroxylation is 1. The van der Waals surface area contributed by atoms with Crippen molar-refractivity contribution in [1.82, 2.24) is 0 Å². The quantitative estimate of drug-likeness (QED) is 0.908. The third-order valence-electron chi connectivity index (χ3n) is 3.72. The highest BCUT2D eigenvalue weighted by molar-refractivity contribution is 7.14. The number of hydrogen-bond acceptors (Lipinski definition) is 4. The van der Waals surface area contributed by atoms with Gasteiger partial charge in [-0.3, -0.25) is 9.59 Å². The number of thiophene rings is 1. The van der Waals surface area contributed by atoms with Gasteiger partial charge in [0.25, 0.3) is 5.91 Å². The van der Waals surface area contributed by atoms with Crippen molar-refractivity contribution in [1.29, 1.82) is 0 Å². The Labute approximate surface area is 132 Å². The number of nitrogens with two attached hydrogens (primary N) is 1. The summed E-state index contributed by atoms with van der Waals surface area (Å²) >= 11 is 1.30. The second kappa shape index (κ2) is 6.19. The van der Waals surface area contributed by atoms with Gasteiger partial charge in [-0.05, 0) is 35.9 Å². The Morgan fingerprint density at radius 3 is 2.91 bits per heavy atom. The second-order valence-electron chi connectivity index (χ2n) is 5.23. The van der Waals surface area contributed by atoms with Crippen LogP contribution in [0.3, 0.4) is 0 Å². The molecule has 2 aromatic rings. The minimum absolute atomic E-state index is 0.137. The Kier molecular flexibility index (Phi) is 4.11. The lowest BCUT2D eigenvalue weighted by molar-refractivity contribution is -0.115. The van der Waals surface area contributed by atoms with Gasteiger partial charge in [-0.25, -0.2) is 0 Å². The Morgan fingerprint density at radius 2 is 2.09 bits per heavy atom. The van der Waals surface area contributed by atoms with Crippen LogP contribution in [0.25, 0.3) is 0 Å². The van der Waals surface area contributed by atoms with Crippen molar-refractivity contribution in [2.75, 3.05) is 23.3 Å². The zero-order chi connectivity index (χ0) is 15.5. The Hall–Kier alpha value is -2.34. The molecule has 2 heterocycles. The zero-order valence-corrected chi connectivity index (χ0v) is 12.9. The molecule has 22 heavy (non-hydrogen) atoms. The monoisotopic (exact) mass is 315 g/mol. The van der Waals surface area contributed by atoms with Crippen LogP contribution in [0.2, 0.25) is 0 Å². The van der Waals surface area contributed by atoms with E-state index >= 15 is 0 Å². The number of para-hydroxylation sites is 1. The molecule has 0 bridgehead atoms. The molecule has 1 aromatic heterocycles. The number of fused-ring (bicyclic) bond motifs is 1. The first kappa shape index (κ1) is 14.6. The van der Waals surface area contributed by atoms with Crippen molar-refractivity contribution in [2.45, 2.75) is 12.8 Å². The predicted molar refractivity (Wildman–Crippen MR) is 88.4 cm³/mol. The molecule has 0 spiro atoms. The summed E-state index contributed by atoms with van der Waals surface area (Å²) in [6.07, 6.45) is 2.08. The maximum absolute atomic E-state index is 12.3. The van der Waals surface area contributed by atoms with Crippen molar-refractivity contribution in [2.24, 2.45) is 5.73 Å². The molecule has 1 aliphatic rings. The highest BCUT2D eigenvalue weighted by atomic mass is 32.1. The van der Waals surface area contributed by atoms with E-state index < -0.39 is 5.91 Å². The van der Waals surface area contributed by atoms with Gasteiger partial charge in [0.05, 0.1) is 12.1 Å². The van der Waals surface area contributed by atoms with E-state index in [0.717, 1.165) is 25.1 Å². The van der Waals surface area contributed by atoms with Crippen molar-refractivity contribution in [3.8, 4) is 0 Å². The number of anilines is 2. The van der Waals surface area contributed by atoms with Crippen LogP contribution in [-0.4, -0.2) is 24.9 Å². The molecule has 0 unspecified atom stereocenters. The number of amides is 2. The van der Waals surface area contributed by atoms with Crippen LogP contribution in [0.5, 0.6) is 0 Å². The SMILES string of the molecule is NC(=O)c1ccsc1NC(=O)CN1CCCc2ccccc21. The first-order valence-corrected chi connectivity index (χ1v) is 8.03. The summed E-state index contributed by atoms with van der Waals surface area (Å²) in [4.78, 5) is 25.6. The van der Waals surface area contributed by atoms with E-state index in [4.69, 9.17) is 5.73 Å². The van der Waals surface area contributed by atoms with Gasteiger partial charge < -0.3 is 16.0 Å². The van der Waals surface area contributed by atoms with Crippen LogP contribution in [0, 0.1) is 0 Å². The van der Waals surface area contributed by atoms with E-state index in [1.165, 1.54) is 16.9 Å². The van der Waals surface area contributed by atoms with Crippen LogP contribution in [0.15, 0.2) is 35.7 Å². The summed E-state index contributed by atoms with van der Waals surface area (Å²) in [7, 11) is 0. The normalized spacial score (nSPS) is 13.5. The molecule has 0 aliphatic carbocycles. The number of carbonyl (C=O) groups excluding carboxylic acids is 2. The van der Waals surface area contributed by atoms with Crippen molar-refractivity contribution >= 4 is 33.8 Å². The van der Waals surface area contributed by atoms with E-state index in [2.05, 4.69) is 16.3 Å². The Bertz CT molecular complexity index is 711. The fourth-order valence-corrected chi connectivity index (χ4v) is 3.52. The zero-order valence-electron chi connectivity index (χ0n) is 12.0. The van der Waals surface area contributed by atoms with Crippen LogP contribution in [-0.2, 0) is 11.2 Å². The van der Waals surface area contributed by atoms with Gasteiger partial charge in [-0.1, -0.05) is 18.2 Å². The fourth-order valence-electron chi connectivity index (χ4n) is 2.72. The van der Waals surface area contributed by atoms with Crippen LogP contribution >= 0.6 is 11.3 Å². The maximum Gasteiger partial charge on any atom is 0.251 e. The third kappa shape index (κ3) is 2.96. The maximum atomic E-state index is 12.3. The standard InChI is InChI=1S/C16H17N3O2S/c17-15(21)12-7-9-22-16(12)18-14(20)10-19-8-3-5-11-4-1-2-6-13(11)19/h1-2,4,6-7,9H,3,5,8,10H2,(H2,17,21)(H,18,20). The number of rotatable bonds is 4. The smallest absolute Gasteiger partial charge is 0.251 e. The number of primary amides is 1. The summed E-state index contributed by atoms with van der Waals surface area (Å²) in [5.41, 5.74) is 8.04. The molecule has 5 nitrogen and oxygen atoms in total. The van der Waals surface area contributed by atoms with Gasteiger partial charge in [0.1, 0.15) is 5.00 Å². The lowest BCUT2D eigenvalue weighted by Crippen LogP contribution is -2.36. The van der Waals surface area contributed by atoms with Crippen LogP contribution in [0.1, 0.15) is 22.3 Å². The molecule has 3 rings (SSSR count). The molecule has 114 valence electrons. The van der Waals surface area contributed by atoms with Gasteiger partial charge in [0.15, 0.2) is 0 Å². The minimum Gasteiger partial charge on any atom is -0.366 e. The summed E-state index contributed by atoms with van der Waals surface area (Å²) in [6.45, 7) is 1.13. The predicted octanol–water partition coefficient (Wildman–Crippen LogP) is 2.24. The number of hydrogen-bond donors (Lipinski definition) is 2. The molecule has 3 N–H and O–H groups in total. The number of nitrogens with zero attached hydrogens (tertiary/aromatic N) is 1. The highest BCUT2D eigenvalue weighted by Gasteiger charge is 2.19. The lowest BCUT2D eigenvalue weighted by Gasteiger charge is -2.30. The molecular formula is C16H17N3O2S. The van der Waals surface area contributed by atoms with E-state index in [1.54, 1.807) is 11.4 Å². The molecule has 2 amide bonds. The highest BCUT2D eigenvalue weighted by Crippen LogP contribution is 2.27. The topological polar surface area (TPSA) is 75.4 Å². The third-order valence-corrected chi connectivity index (χ3v) is 4.55. The molecule has 0 saturated carbocycles. The molecule has 1 aliphatic heterocycles. The van der Waals surface area contributed by atoms with Gasteiger partial charge >= 0.3 is 0 Å². The summed E-state index contributed by atoms with van der Waals surface area (Å²) in [5, 5.41) is 5.05. The average Bonchev–Trinajstić information content (AvgIpc) is 2.96. The lowest BCUT2D eigenvalue weighted by atomic mass is 10.0. The number of carbonyl (C=O) groups is 2. The fraction of sp³-hybridized carbons (Fsp3) is 0.250. The van der Waals surface area contributed by atoms with Crippen molar-refractivity contribution in [3.05, 3.63) is 46.8 Å². The van der Waals surface area contributed by atoms with Gasteiger partial charge in [0.2, 0.25) is 5.91 Å². The number of nitrogens with one attached hydrogen (secondary N) is 1. The minimum atomic E-state index is -0.528. The van der Waals surface area contributed by atoms with Crippen molar-refractivity contribution < 1.29 is 9.59 Å². The van der Waals surface area contributed by atoms with E-state index in [9.17, 15) is 9.59 Å². The van der Waals surface area contributed by atoms with E-state index in [0.29, 0.717) is 10.6 Å². The summed E-state index contributed by atoms with van der Waals surface area (Å²) < 4.78 is 0. The van der Waals surface area contributed by atoms with Gasteiger partial charge in [0, 0.05) is 12.2 Å². The van der Waals surface area contributed by atoms with Crippen LogP contribution in [0.4, 0.5) is 10.7 Å². The number of benzene rings is 1. The summed E-state index contributed by atoms with van der Waals surface area (Å²) in [5.74, 6) is -0.665. The summed E-state index contributed by atoms with van der Waals surface area (Å²) in [6, 6.07) is 9.77. The molecule has 1 aromatic carbocycles. The largest absolute Gasteiger partial charge is 0.366 e. The molecule has 6 heteroatoms. The molecule has 0 atom stereocenters. The Morgan fingerprint density at radius 1 is 1.27 bits per heavy atom. The Balaban J connectivity index is 1.70. The molecule has 0 saturated heterocycles. The van der Waals surface area contributed by atoms with Crippen molar-refractivity contribution in [3.63, 3.8) is 0 Å². The van der Waals surface area contributed by atoms with E-state index in [1.807, 2.05) is 18.2 Å². The molecule has 0 radical (unpaired) electrons. The van der Waals surface area contributed by atoms with Crippen LogP contribution < -0.4 is 16.0 Å². The first-order valence-electron chi connectivity index (χ1n) is 7.15. The first-order chi connectivity index (χ1) is 10.6. The van der Waals surface area contributed by atoms with Gasteiger partial charge in [-0.15, -0.1) is 11.3 Å². The second-order valence-corrected chi connectivity index (χ2v) is 6.15. The molecule has 0 fully saturated rings. The van der Waals surface area contributed by atoms with E-state index in [-0.39, 0.29) is 12.5 Å². The molecular weight excluding hydrogens is 298 g/mol. The average molecular weight is 315 g/mol. The van der Waals surface area contributed by atoms with Gasteiger partial charge in [-0.2, -0.15) is 0 Å².